The van der Waals surface area contributed by atoms with Crippen molar-refractivity contribution in [2.24, 2.45) is 0 Å². The molecule has 0 aliphatic heterocycles. The molecular formula is C24H23N3OS2. The number of aromatic amines is 1. The standard InChI is InChI=1S/C24H23N3OS2/c28-30(21-15-7-8-16-25-21)17-9-14-20(29)24-26-22(18-10-3-1-4-11-18)23(27-24)19-12-5-2-6-13-19/h1-8,10-13,15-16,20,29H,9,14,17H2,(H,26,27). The second kappa shape index (κ2) is 9.87. The summed E-state index contributed by atoms with van der Waals surface area (Å²) in [7, 11) is -1.09. The van der Waals surface area contributed by atoms with E-state index >= 15 is 0 Å². The first-order valence-corrected chi connectivity index (χ1v) is 11.7. The second-order valence-electron chi connectivity index (χ2n) is 6.95. The maximum absolute atomic E-state index is 12.4. The van der Waals surface area contributed by atoms with Gasteiger partial charge in [-0.25, -0.2) is 9.97 Å². The highest BCUT2D eigenvalue weighted by atomic mass is 32.2. The van der Waals surface area contributed by atoms with Crippen LogP contribution in [0.3, 0.4) is 0 Å². The molecule has 2 unspecified atom stereocenters. The van der Waals surface area contributed by atoms with Crippen molar-refractivity contribution in [1.82, 2.24) is 15.0 Å². The summed E-state index contributed by atoms with van der Waals surface area (Å²) in [6.45, 7) is 0. The quantitative estimate of drug-likeness (QED) is 0.351. The summed E-state index contributed by atoms with van der Waals surface area (Å²) in [5, 5.41) is 0.564. The fourth-order valence-corrected chi connectivity index (χ4v) is 4.65. The molecule has 2 aromatic heterocycles. The van der Waals surface area contributed by atoms with Gasteiger partial charge in [0.05, 0.1) is 27.4 Å². The lowest BCUT2D eigenvalue weighted by atomic mass is 10.1. The molecule has 0 aliphatic rings. The summed E-state index contributed by atoms with van der Waals surface area (Å²) < 4.78 is 12.4. The van der Waals surface area contributed by atoms with Crippen molar-refractivity contribution >= 4 is 23.4 Å². The van der Waals surface area contributed by atoms with Crippen LogP contribution in [0, 0.1) is 0 Å². The predicted molar refractivity (Wildman–Crippen MR) is 126 cm³/mol. The van der Waals surface area contributed by atoms with Crippen LogP contribution in [0.25, 0.3) is 22.5 Å². The number of hydrogen-bond acceptors (Lipinski definition) is 4. The zero-order valence-electron chi connectivity index (χ0n) is 16.4. The van der Waals surface area contributed by atoms with E-state index in [0.29, 0.717) is 10.8 Å². The molecule has 0 saturated heterocycles. The van der Waals surface area contributed by atoms with Crippen molar-refractivity contribution in [2.75, 3.05) is 5.75 Å². The number of benzene rings is 2. The van der Waals surface area contributed by atoms with Gasteiger partial charge in [-0.3, -0.25) is 4.21 Å². The smallest absolute Gasteiger partial charge is 0.127 e. The van der Waals surface area contributed by atoms with Gasteiger partial charge in [-0.05, 0) is 25.0 Å². The fraction of sp³-hybridized carbons (Fsp3) is 0.167. The highest BCUT2D eigenvalue weighted by Crippen LogP contribution is 2.33. The second-order valence-corrected chi connectivity index (χ2v) is 9.09. The molecule has 0 spiro atoms. The number of nitrogens with one attached hydrogen (secondary N) is 1. The number of pyridine rings is 1. The normalized spacial score (nSPS) is 13.1. The van der Waals surface area contributed by atoms with E-state index in [9.17, 15) is 4.21 Å². The third kappa shape index (κ3) is 4.89. The number of rotatable bonds is 8. The average Bonchev–Trinajstić information content (AvgIpc) is 3.26. The Bertz CT molecular complexity index is 1040. The van der Waals surface area contributed by atoms with Crippen LogP contribution < -0.4 is 0 Å². The number of aromatic nitrogens is 3. The monoisotopic (exact) mass is 433 g/mol. The molecule has 0 saturated carbocycles. The van der Waals surface area contributed by atoms with Crippen molar-refractivity contribution in [3.63, 3.8) is 0 Å². The molecule has 2 heterocycles. The Morgan fingerprint density at radius 2 is 1.57 bits per heavy atom. The Morgan fingerprint density at radius 3 is 2.23 bits per heavy atom. The highest BCUT2D eigenvalue weighted by molar-refractivity contribution is 7.85. The Balaban J connectivity index is 1.51. The van der Waals surface area contributed by atoms with Crippen LogP contribution in [-0.4, -0.2) is 24.9 Å². The molecule has 1 N–H and O–H groups in total. The summed E-state index contributed by atoms with van der Waals surface area (Å²) in [6.07, 6.45) is 3.23. The van der Waals surface area contributed by atoms with Gasteiger partial charge in [0.1, 0.15) is 10.9 Å². The van der Waals surface area contributed by atoms with E-state index in [-0.39, 0.29) is 5.25 Å². The lowest BCUT2D eigenvalue weighted by Crippen LogP contribution is -2.02. The van der Waals surface area contributed by atoms with Gasteiger partial charge in [0, 0.05) is 23.1 Å². The summed E-state index contributed by atoms with van der Waals surface area (Å²) in [5.74, 6) is 1.39. The van der Waals surface area contributed by atoms with Crippen LogP contribution in [0.1, 0.15) is 23.9 Å². The Kier molecular flexibility index (Phi) is 6.77. The summed E-state index contributed by atoms with van der Waals surface area (Å²) in [5.41, 5.74) is 4.07. The van der Waals surface area contributed by atoms with Crippen LogP contribution in [0.15, 0.2) is 90.1 Å². The Labute approximate surface area is 184 Å². The molecule has 0 amide bonds. The number of nitrogens with zero attached hydrogens (tertiary/aromatic N) is 2. The zero-order chi connectivity index (χ0) is 20.8. The Hall–Kier alpha value is -2.70. The van der Waals surface area contributed by atoms with Gasteiger partial charge in [-0.1, -0.05) is 66.7 Å². The molecule has 0 bridgehead atoms. The fourth-order valence-electron chi connectivity index (χ4n) is 3.30. The molecule has 152 valence electrons. The topological polar surface area (TPSA) is 58.6 Å². The number of H-pyrrole nitrogens is 1. The van der Waals surface area contributed by atoms with Crippen LogP contribution in [0.4, 0.5) is 0 Å². The van der Waals surface area contributed by atoms with Crippen LogP contribution in [0.2, 0.25) is 0 Å². The number of thiol groups is 1. The SMILES string of the molecule is O=S(CCCC(S)c1nc(-c2ccccc2)c(-c2ccccc2)[nH]1)c1ccccn1. The van der Waals surface area contributed by atoms with Crippen molar-refractivity contribution < 1.29 is 4.21 Å². The third-order valence-corrected chi connectivity index (χ3v) is 6.70. The van der Waals surface area contributed by atoms with Crippen molar-refractivity contribution in [2.45, 2.75) is 23.1 Å². The summed E-state index contributed by atoms with van der Waals surface area (Å²) >= 11 is 4.79. The minimum atomic E-state index is -1.09. The first-order valence-electron chi connectivity index (χ1n) is 9.90. The molecule has 2 aromatic carbocycles. The molecule has 0 fully saturated rings. The lowest BCUT2D eigenvalue weighted by Gasteiger charge is -2.07. The van der Waals surface area contributed by atoms with Gasteiger partial charge < -0.3 is 4.98 Å². The van der Waals surface area contributed by atoms with Crippen LogP contribution in [0.5, 0.6) is 0 Å². The van der Waals surface area contributed by atoms with Gasteiger partial charge in [0.15, 0.2) is 0 Å². The Morgan fingerprint density at radius 1 is 0.900 bits per heavy atom. The van der Waals surface area contributed by atoms with E-state index < -0.39 is 10.8 Å². The molecule has 2 atom stereocenters. The first-order chi connectivity index (χ1) is 14.7. The van der Waals surface area contributed by atoms with E-state index in [0.717, 1.165) is 41.2 Å². The number of hydrogen-bond donors (Lipinski definition) is 2. The maximum atomic E-state index is 12.4. The van der Waals surface area contributed by atoms with E-state index in [1.54, 1.807) is 12.3 Å². The third-order valence-electron chi connectivity index (χ3n) is 4.83. The van der Waals surface area contributed by atoms with Crippen LogP contribution in [-0.2, 0) is 10.8 Å². The van der Waals surface area contributed by atoms with Gasteiger partial charge in [0.25, 0.3) is 0 Å². The van der Waals surface area contributed by atoms with E-state index in [4.69, 9.17) is 17.6 Å². The van der Waals surface area contributed by atoms with Crippen molar-refractivity contribution in [3.05, 3.63) is 90.9 Å². The molecule has 4 aromatic rings. The molecule has 6 heteroatoms. The van der Waals surface area contributed by atoms with Gasteiger partial charge in [-0.15, -0.1) is 0 Å². The first kappa shape index (κ1) is 20.6. The molecule has 30 heavy (non-hydrogen) atoms. The van der Waals surface area contributed by atoms with Crippen molar-refractivity contribution in [3.8, 4) is 22.5 Å². The van der Waals surface area contributed by atoms with Gasteiger partial charge in [0.2, 0.25) is 0 Å². The minimum Gasteiger partial charge on any atom is -0.341 e. The maximum Gasteiger partial charge on any atom is 0.127 e. The summed E-state index contributed by atoms with van der Waals surface area (Å²) in [4.78, 5) is 12.6. The average molecular weight is 434 g/mol. The van der Waals surface area contributed by atoms with Crippen molar-refractivity contribution in [1.29, 1.82) is 0 Å². The zero-order valence-corrected chi connectivity index (χ0v) is 18.2. The predicted octanol–water partition coefficient (Wildman–Crippen LogP) is 5.70. The lowest BCUT2D eigenvalue weighted by molar-refractivity contribution is 0.672. The highest BCUT2D eigenvalue weighted by Gasteiger charge is 2.18. The van der Waals surface area contributed by atoms with E-state index in [1.165, 1.54) is 0 Å². The molecule has 4 nitrogen and oxygen atoms in total. The molecule has 4 rings (SSSR count). The molecule has 0 aliphatic carbocycles. The largest absolute Gasteiger partial charge is 0.341 e. The van der Waals surface area contributed by atoms with Crippen LogP contribution >= 0.6 is 12.6 Å². The van der Waals surface area contributed by atoms with E-state index in [1.807, 2.05) is 48.5 Å². The van der Waals surface area contributed by atoms with Gasteiger partial charge in [-0.2, -0.15) is 12.6 Å². The van der Waals surface area contributed by atoms with Gasteiger partial charge >= 0.3 is 0 Å². The molecular weight excluding hydrogens is 410 g/mol. The molecule has 0 radical (unpaired) electrons. The summed E-state index contributed by atoms with van der Waals surface area (Å²) in [6, 6.07) is 25.9. The minimum absolute atomic E-state index is 0.0642. The van der Waals surface area contributed by atoms with E-state index in [2.05, 4.69) is 34.2 Å². The number of imidazole rings is 1.